The summed E-state index contributed by atoms with van der Waals surface area (Å²) in [4.78, 5) is 2.47. The first kappa shape index (κ1) is 14.2. The third-order valence-corrected chi connectivity index (χ3v) is 4.16. The first-order chi connectivity index (χ1) is 9.28. The molecule has 1 saturated heterocycles. The Balaban J connectivity index is 2.09. The molecule has 1 aliphatic rings. The van der Waals surface area contributed by atoms with E-state index in [0.29, 0.717) is 6.54 Å². The molecule has 3 heteroatoms. The summed E-state index contributed by atoms with van der Waals surface area (Å²) in [6, 6.07) is 6.21. The Bertz CT molecular complexity index is 398. The molecule has 0 spiro atoms. The molecule has 19 heavy (non-hydrogen) atoms. The standard InChI is InChI=1S/C16H26N2O/c1-3-4-13-7-9-18(10-8-13)16-11-15(19-2)6-5-14(16)12-17/h5-6,11,13H,3-4,7-10,12,17H2,1-2H3. The number of anilines is 1. The van der Waals surface area contributed by atoms with Crippen molar-refractivity contribution in [3.63, 3.8) is 0 Å². The predicted octanol–water partition coefficient (Wildman–Crippen LogP) is 3.17. The van der Waals surface area contributed by atoms with Crippen molar-refractivity contribution in [1.29, 1.82) is 0 Å². The van der Waals surface area contributed by atoms with Gasteiger partial charge in [-0.2, -0.15) is 0 Å². The Morgan fingerprint density at radius 3 is 2.63 bits per heavy atom. The van der Waals surface area contributed by atoms with Crippen LogP contribution in [0.5, 0.6) is 5.75 Å². The van der Waals surface area contributed by atoms with Gasteiger partial charge in [-0.3, -0.25) is 0 Å². The van der Waals surface area contributed by atoms with Crippen LogP contribution >= 0.6 is 0 Å². The van der Waals surface area contributed by atoms with Crippen LogP contribution in [0, 0.1) is 5.92 Å². The molecule has 1 heterocycles. The van der Waals surface area contributed by atoms with Crippen LogP contribution in [0.3, 0.4) is 0 Å². The lowest BCUT2D eigenvalue weighted by Gasteiger charge is -2.34. The van der Waals surface area contributed by atoms with Crippen LogP contribution in [0.1, 0.15) is 38.2 Å². The minimum absolute atomic E-state index is 0.591. The molecule has 0 atom stereocenters. The number of piperidine rings is 1. The molecule has 106 valence electrons. The normalized spacial score (nSPS) is 16.7. The van der Waals surface area contributed by atoms with E-state index in [1.54, 1.807) is 7.11 Å². The van der Waals surface area contributed by atoms with Gasteiger partial charge in [0.2, 0.25) is 0 Å². The second kappa shape index (κ2) is 6.80. The fourth-order valence-corrected chi connectivity index (χ4v) is 3.01. The second-order valence-corrected chi connectivity index (χ2v) is 5.42. The molecule has 0 aromatic heterocycles. The third kappa shape index (κ3) is 3.41. The highest BCUT2D eigenvalue weighted by Crippen LogP contribution is 2.30. The van der Waals surface area contributed by atoms with E-state index in [9.17, 15) is 0 Å². The third-order valence-electron chi connectivity index (χ3n) is 4.16. The number of nitrogens with zero attached hydrogens (tertiary/aromatic N) is 1. The lowest BCUT2D eigenvalue weighted by Crippen LogP contribution is -2.34. The molecular weight excluding hydrogens is 236 g/mol. The fourth-order valence-electron chi connectivity index (χ4n) is 3.01. The van der Waals surface area contributed by atoms with Gasteiger partial charge in [0.25, 0.3) is 0 Å². The van der Waals surface area contributed by atoms with Crippen molar-refractivity contribution in [2.45, 2.75) is 39.2 Å². The zero-order valence-electron chi connectivity index (χ0n) is 12.2. The summed E-state index contributed by atoms with van der Waals surface area (Å²) in [6.07, 6.45) is 5.28. The number of benzene rings is 1. The van der Waals surface area contributed by atoms with Crippen molar-refractivity contribution in [2.24, 2.45) is 11.7 Å². The molecule has 1 aromatic carbocycles. The van der Waals surface area contributed by atoms with Gasteiger partial charge in [0.1, 0.15) is 5.75 Å². The minimum Gasteiger partial charge on any atom is -0.497 e. The lowest BCUT2D eigenvalue weighted by atomic mass is 9.92. The highest BCUT2D eigenvalue weighted by Gasteiger charge is 2.20. The lowest BCUT2D eigenvalue weighted by molar-refractivity contribution is 0.377. The molecule has 3 nitrogen and oxygen atoms in total. The summed E-state index contributed by atoms with van der Waals surface area (Å²) < 4.78 is 5.34. The Morgan fingerprint density at radius 2 is 2.05 bits per heavy atom. The van der Waals surface area contributed by atoms with E-state index in [-0.39, 0.29) is 0 Å². The zero-order valence-corrected chi connectivity index (χ0v) is 12.2. The van der Waals surface area contributed by atoms with Crippen molar-refractivity contribution in [1.82, 2.24) is 0 Å². The molecule has 1 aromatic rings. The molecule has 1 fully saturated rings. The van der Waals surface area contributed by atoms with Gasteiger partial charge in [-0.15, -0.1) is 0 Å². The molecule has 0 unspecified atom stereocenters. The fraction of sp³-hybridized carbons (Fsp3) is 0.625. The van der Waals surface area contributed by atoms with Crippen LogP contribution in [0.15, 0.2) is 18.2 Å². The Kier molecular flexibility index (Phi) is 5.08. The van der Waals surface area contributed by atoms with E-state index in [1.807, 2.05) is 6.07 Å². The van der Waals surface area contributed by atoms with Gasteiger partial charge >= 0.3 is 0 Å². The van der Waals surface area contributed by atoms with Crippen molar-refractivity contribution in [3.05, 3.63) is 23.8 Å². The minimum atomic E-state index is 0.591. The number of hydrogen-bond acceptors (Lipinski definition) is 3. The summed E-state index contributed by atoms with van der Waals surface area (Å²) in [5.74, 6) is 1.83. The smallest absolute Gasteiger partial charge is 0.120 e. The summed E-state index contributed by atoms with van der Waals surface area (Å²) in [6.45, 7) is 5.16. The molecule has 1 aliphatic heterocycles. The van der Waals surface area contributed by atoms with E-state index in [1.165, 1.54) is 36.9 Å². The molecular formula is C16H26N2O. The van der Waals surface area contributed by atoms with Crippen molar-refractivity contribution >= 4 is 5.69 Å². The van der Waals surface area contributed by atoms with Gasteiger partial charge < -0.3 is 15.4 Å². The number of hydrogen-bond donors (Lipinski definition) is 1. The molecule has 0 aliphatic carbocycles. The van der Waals surface area contributed by atoms with Crippen LogP contribution in [0.2, 0.25) is 0 Å². The molecule has 2 N–H and O–H groups in total. The van der Waals surface area contributed by atoms with Crippen molar-refractivity contribution < 1.29 is 4.74 Å². The van der Waals surface area contributed by atoms with Gasteiger partial charge in [-0.05, 0) is 30.4 Å². The molecule has 0 amide bonds. The van der Waals surface area contributed by atoms with Crippen LogP contribution < -0.4 is 15.4 Å². The molecule has 0 radical (unpaired) electrons. The molecule has 2 rings (SSSR count). The summed E-state index contributed by atoms with van der Waals surface area (Å²) >= 11 is 0. The van der Waals surface area contributed by atoms with Crippen LogP contribution in [0.25, 0.3) is 0 Å². The van der Waals surface area contributed by atoms with E-state index in [0.717, 1.165) is 24.8 Å². The van der Waals surface area contributed by atoms with Gasteiger partial charge in [0.15, 0.2) is 0 Å². The van der Waals surface area contributed by atoms with Crippen molar-refractivity contribution in [2.75, 3.05) is 25.1 Å². The number of methoxy groups -OCH3 is 1. The molecule has 0 saturated carbocycles. The first-order valence-electron chi connectivity index (χ1n) is 7.40. The number of nitrogens with two attached hydrogens (primary N) is 1. The van der Waals surface area contributed by atoms with Crippen LogP contribution in [-0.4, -0.2) is 20.2 Å². The largest absolute Gasteiger partial charge is 0.497 e. The van der Waals surface area contributed by atoms with E-state index in [2.05, 4.69) is 24.0 Å². The zero-order chi connectivity index (χ0) is 13.7. The monoisotopic (exact) mass is 262 g/mol. The SMILES string of the molecule is CCCC1CCN(c2cc(OC)ccc2CN)CC1. The highest BCUT2D eigenvalue weighted by molar-refractivity contribution is 5.57. The Labute approximate surface area is 116 Å². The van der Waals surface area contributed by atoms with Gasteiger partial charge in [-0.25, -0.2) is 0 Å². The van der Waals surface area contributed by atoms with Crippen LogP contribution in [-0.2, 0) is 6.54 Å². The van der Waals surface area contributed by atoms with Gasteiger partial charge in [0.05, 0.1) is 7.11 Å². The summed E-state index contributed by atoms with van der Waals surface area (Å²) in [5, 5.41) is 0. The Morgan fingerprint density at radius 1 is 1.32 bits per heavy atom. The van der Waals surface area contributed by atoms with Gasteiger partial charge in [0, 0.05) is 31.4 Å². The quantitative estimate of drug-likeness (QED) is 0.885. The first-order valence-corrected chi connectivity index (χ1v) is 7.40. The maximum atomic E-state index is 5.86. The average molecular weight is 262 g/mol. The number of rotatable bonds is 5. The maximum Gasteiger partial charge on any atom is 0.120 e. The topological polar surface area (TPSA) is 38.5 Å². The number of ether oxygens (including phenoxy) is 1. The van der Waals surface area contributed by atoms with Gasteiger partial charge in [-0.1, -0.05) is 25.8 Å². The maximum absolute atomic E-state index is 5.86. The van der Waals surface area contributed by atoms with E-state index in [4.69, 9.17) is 10.5 Å². The molecule has 0 bridgehead atoms. The Hall–Kier alpha value is -1.22. The van der Waals surface area contributed by atoms with Crippen molar-refractivity contribution in [3.8, 4) is 5.75 Å². The van der Waals surface area contributed by atoms with Crippen LogP contribution in [0.4, 0.5) is 5.69 Å². The predicted molar refractivity (Wildman–Crippen MR) is 80.7 cm³/mol. The summed E-state index contributed by atoms with van der Waals surface area (Å²) in [7, 11) is 1.72. The average Bonchev–Trinajstić information content (AvgIpc) is 2.47. The van der Waals surface area contributed by atoms with E-state index < -0.39 is 0 Å². The van der Waals surface area contributed by atoms with E-state index >= 15 is 0 Å². The second-order valence-electron chi connectivity index (χ2n) is 5.42. The summed E-state index contributed by atoms with van der Waals surface area (Å²) in [5.41, 5.74) is 8.33. The highest BCUT2D eigenvalue weighted by atomic mass is 16.5.